The van der Waals surface area contributed by atoms with E-state index in [0.29, 0.717) is 17.6 Å². The van der Waals surface area contributed by atoms with Crippen LogP contribution in [0.25, 0.3) is 11.0 Å². The normalized spacial score (nSPS) is 15.7. The molecule has 0 amide bonds. The minimum Gasteiger partial charge on any atom is -0.496 e. The summed E-state index contributed by atoms with van der Waals surface area (Å²) in [6.07, 6.45) is 12.5. The predicted molar refractivity (Wildman–Crippen MR) is 116 cm³/mol. The summed E-state index contributed by atoms with van der Waals surface area (Å²) in [4.78, 5) is 16.7. The predicted octanol–water partition coefficient (Wildman–Crippen LogP) is 5.79. The molecule has 1 aliphatic rings. The van der Waals surface area contributed by atoms with Crippen LogP contribution in [0.1, 0.15) is 68.6 Å². The van der Waals surface area contributed by atoms with Crippen molar-refractivity contribution in [2.75, 3.05) is 7.11 Å². The minimum absolute atomic E-state index is 0.186. The van der Waals surface area contributed by atoms with Gasteiger partial charge in [-0.3, -0.25) is 4.98 Å². The summed E-state index contributed by atoms with van der Waals surface area (Å²) >= 11 is 0. The lowest BCUT2D eigenvalue weighted by Crippen LogP contribution is -2.22. The highest BCUT2D eigenvalue weighted by atomic mass is 16.5. The van der Waals surface area contributed by atoms with Crippen LogP contribution in [0.4, 0.5) is 0 Å². The summed E-state index contributed by atoms with van der Waals surface area (Å²) in [6, 6.07) is 10.0. The van der Waals surface area contributed by atoms with Crippen molar-refractivity contribution in [1.29, 1.82) is 0 Å². The molecule has 1 saturated carbocycles. The van der Waals surface area contributed by atoms with Gasteiger partial charge in [-0.15, -0.1) is 0 Å². The Hall–Kier alpha value is -2.62. The van der Waals surface area contributed by atoms with Crippen LogP contribution in [0, 0.1) is 0 Å². The van der Waals surface area contributed by atoms with Gasteiger partial charge in [0.15, 0.2) is 0 Å². The Balaban J connectivity index is 1.79. The number of pyridine rings is 1. The summed E-state index contributed by atoms with van der Waals surface area (Å²) in [5.74, 6) is 0.792. The lowest BCUT2D eigenvalue weighted by atomic mass is 9.74. The van der Waals surface area contributed by atoms with Gasteiger partial charge in [-0.25, -0.2) is 4.79 Å². The molecule has 0 atom stereocenters. The van der Waals surface area contributed by atoms with Crippen LogP contribution in [0.15, 0.2) is 51.9 Å². The van der Waals surface area contributed by atoms with Crippen molar-refractivity contribution in [3.63, 3.8) is 0 Å². The van der Waals surface area contributed by atoms with Crippen LogP contribution in [0.5, 0.6) is 5.75 Å². The number of hydrogen-bond acceptors (Lipinski definition) is 4. The zero-order chi connectivity index (χ0) is 20.3. The second kappa shape index (κ2) is 8.40. The van der Waals surface area contributed by atoms with E-state index < -0.39 is 0 Å². The SMILES string of the molecule is CCCCC1(c2cc(OC)c3cc(Cc4ccncc4)c(=O)oc3c2)CCCC1. The van der Waals surface area contributed by atoms with E-state index in [1.165, 1.54) is 50.5 Å². The van der Waals surface area contributed by atoms with Crippen molar-refractivity contribution in [3.8, 4) is 5.75 Å². The molecule has 0 unspecified atom stereocenters. The van der Waals surface area contributed by atoms with Gasteiger partial charge < -0.3 is 9.15 Å². The third-order valence-electron chi connectivity index (χ3n) is 6.43. The summed E-state index contributed by atoms with van der Waals surface area (Å²) in [5, 5.41) is 0.864. The molecule has 0 saturated heterocycles. The molecule has 0 aliphatic heterocycles. The van der Waals surface area contributed by atoms with Gasteiger partial charge in [0.1, 0.15) is 11.3 Å². The van der Waals surface area contributed by atoms with Crippen molar-refractivity contribution in [3.05, 3.63) is 69.8 Å². The molecule has 1 fully saturated rings. The topological polar surface area (TPSA) is 52.3 Å². The highest BCUT2D eigenvalue weighted by Crippen LogP contribution is 2.47. The average Bonchev–Trinajstić information content (AvgIpc) is 3.23. The van der Waals surface area contributed by atoms with E-state index >= 15 is 0 Å². The van der Waals surface area contributed by atoms with Gasteiger partial charge in [-0.05, 0) is 66.1 Å². The number of hydrogen-bond donors (Lipinski definition) is 0. The van der Waals surface area contributed by atoms with Crippen molar-refractivity contribution in [2.45, 2.75) is 63.7 Å². The number of benzene rings is 1. The number of unbranched alkanes of at least 4 members (excludes halogenated alkanes) is 1. The van der Waals surface area contributed by atoms with Gasteiger partial charge >= 0.3 is 5.63 Å². The van der Waals surface area contributed by atoms with Crippen LogP contribution in [0.2, 0.25) is 0 Å². The monoisotopic (exact) mass is 391 g/mol. The minimum atomic E-state index is -0.275. The van der Waals surface area contributed by atoms with Gasteiger partial charge in [-0.2, -0.15) is 0 Å². The van der Waals surface area contributed by atoms with Gasteiger partial charge in [0, 0.05) is 24.4 Å². The summed E-state index contributed by atoms with van der Waals surface area (Å²) in [5.41, 5.74) is 3.47. The van der Waals surface area contributed by atoms with E-state index in [2.05, 4.69) is 24.0 Å². The van der Waals surface area contributed by atoms with Gasteiger partial charge in [0.25, 0.3) is 0 Å². The Labute approximate surface area is 171 Å². The summed E-state index contributed by atoms with van der Waals surface area (Å²) in [6.45, 7) is 2.24. The third-order valence-corrected chi connectivity index (χ3v) is 6.43. The molecule has 4 heteroatoms. The fourth-order valence-electron chi connectivity index (χ4n) is 4.80. The third kappa shape index (κ3) is 3.93. The molecule has 29 heavy (non-hydrogen) atoms. The largest absolute Gasteiger partial charge is 0.496 e. The molecule has 4 rings (SSSR count). The Kier molecular flexibility index (Phi) is 5.70. The molecular formula is C25H29NO3. The molecule has 0 bridgehead atoms. The lowest BCUT2D eigenvalue weighted by molar-refractivity contribution is 0.383. The van der Waals surface area contributed by atoms with E-state index in [4.69, 9.17) is 9.15 Å². The van der Waals surface area contributed by atoms with Gasteiger partial charge in [0.05, 0.1) is 12.5 Å². The molecule has 4 nitrogen and oxygen atoms in total. The molecule has 0 radical (unpaired) electrons. The molecule has 2 aromatic heterocycles. The van der Waals surface area contributed by atoms with Crippen LogP contribution in [-0.2, 0) is 11.8 Å². The second-order valence-electron chi connectivity index (χ2n) is 8.27. The summed E-state index contributed by atoms with van der Waals surface area (Å²) in [7, 11) is 1.69. The number of rotatable bonds is 7. The van der Waals surface area contributed by atoms with Crippen LogP contribution >= 0.6 is 0 Å². The van der Waals surface area contributed by atoms with E-state index in [1.54, 1.807) is 19.5 Å². The number of methoxy groups -OCH3 is 1. The van der Waals surface area contributed by atoms with E-state index in [9.17, 15) is 4.79 Å². The quantitative estimate of drug-likeness (QED) is 0.478. The number of ether oxygens (including phenoxy) is 1. The molecule has 0 spiro atoms. The first-order valence-electron chi connectivity index (χ1n) is 10.7. The zero-order valence-electron chi connectivity index (χ0n) is 17.4. The Morgan fingerprint density at radius 2 is 1.90 bits per heavy atom. The lowest BCUT2D eigenvalue weighted by Gasteiger charge is -2.30. The molecule has 1 aliphatic carbocycles. The maximum atomic E-state index is 12.7. The number of aromatic nitrogens is 1. The Morgan fingerprint density at radius 3 is 2.59 bits per heavy atom. The maximum absolute atomic E-state index is 12.7. The first-order valence-corrected chi connectivity index (χ1v) is 10.7. The Morgan fingerprint density at radius 1 is 1.14 bits per heavy atom. The Bertz CT molecular complexity index is 1030. The number of fused-ring (bicyclic) bond motifs is 1. The van der Waals surface area contributed by atoms with Crippen molar-refractivity contribution in [1.82, 2.24) is 4.98 Å². The summed E-state index contributed by atoms with van der Waals surface area (Å²) < 4.78 is 11.6. The average molecular weight is 392 g/mol. The van der Waals surface area contributed by atoms with Gasteiger partial charge in [0.2, 0.25) is 0 Å². The standard InChI is InChI=1S/C25H29NO3/c1-3-4-9-25(10-5-6-11-25)20-16-22(28-2)21-15-19(24(27)29-23(21)17-20)14-18-7-12-26-13-8-18/h7-8,12-13,15-17H,3-6,9-11,14H2,1-2H3. The number of nitrogens with zero attached hydrogens (tertiary/aromatic N) is 1. The van der Waals surface area contributed by atoms with Crippen molar-refractivity contribution < 1.29 is 9.15 Å². The van der Waals surface area contributed by atoms with Crippen LogP contribution < -0.4 is 10.4 Å². The highest BCUT2D eigenvalue weighted by molar-refractivity contribution is 5.85. The second-order valence-corrected chi connectivity index (χ2v) is 8.27. The van der Waals surface area contributed by atoms with E-state index in [1.807, 2.05) is 18.2 Å². The van der Waals surface area contributed by atoms with Crippen LogP contribution in [-0.4, -0.2) is 12.1 Å². The fourth-order valence-corrected chi connectivity index (χ4v) is 4.80. The first kappa shape index (κ1) is 19.7. The van der Waals surface area contributed by atoms with Crippen molar-refractivity contribution in [2.24, 2.45) is 0 Å². The fraction of sp³-hybridized carbons (Fsp3) is 0.440. The smallest absolute Gasteiger partial charge is 0.339 e. The highest BCUT2D eigenvalue weighted by Gasteiger charge is 2.35. The van der Waals surface area contributed by atoms with Crippen LogP contribution in [0.3, 0.4) is 0 Å². The molecule has 152 valence electrons. The molecule has 1 aromatic carbocycles. The first-order chi connectivity index (χ1) is 14.1. The van der Waals surface area contributed by atoms with E-state index in [0.717, 1.165) is 16.7 Å². The molecule has 2 heterocycles. The maximum Gasteiger partial charge on any atom is 0.339 e. The zero-order valence-corrected chi connectivity index (χ0v) is 17.4. The van der Waals surface area contributed by atoms with Gasteiger partial charge in [-0.1, -0.05) is 32.6 Å². The van der Waals surface area contributed by atoms with E-state index in [-0.39, 0.29) is 11.0 Å². The molecular weight excluding hydrogens is 362 g/mol. The van der Waals surface area contributed by atoms with Crippen molar-refractivity contribution >= 4 is 11.0 Å². The molecule has 3 aromatic rings. The molecule has 0 N–H and O–H groups in total.